The summed E-state index contributed by atoms with van der Waals surface area (Å²) in [4.78, 5) is 12.0. The van der Waals surface area contributed by atoms with E-state index >= 15 is 0 Å². The van der Waals surface area contributed by atoms with E-state index in [1.807, 2.05) is 49.4 Å². The quantitative estimate of drug-likeness (QED) is 0.720. The lowest BCUT2D eigenvalue weighted by atomic mass is 10.2. The highest BCUT2D eigenvalue weighted by Gasteiger charge is 2.06. The summed E-state index contributed by atoms with van der Waals surface area (Å²) in [6, 6.07) is 13.4. The number of hydrogen-bond donors (Lipinski definition) is 2. The number of anilines is 1. The van der Waals surface area contributed by atoms with Crippen LogP contribution in [0.1, 0.15) is 11.3 Å². The summed E-state index contributed by atoms with van der Waals surface area (Å²) in [5, 5.41) is 11.8. The number of halogens is 1. The first-order valence-electron chi connectivity index (χ1n) is 7.18. The summed E-state index contributed by atoms with van der Waals surface area (Å²) >= 11 is 7.50. The summed E-state index contributed by atoms with van der Waals surface area (Å²) in [7, 11) is 0. The SMILES string of the molecule is Cc1[nH]nc2cc(NC(=O)CSCc3cccc(Cl)c3)ccc12. The molecule has 6 heteroatoms. The van der Waals surface area contributed by atoms with Gasteiger partial charge in [-0.3, -0.25) is 9.89 Å². The molecule has 0 aliphatic rings. The zero-order valence-corrected chi connectivity index (χ0v) is 14.2. The van der Waals surface area contributed by atoms with E-state index in [0.717, 1.165) is 38.6 Å². The molecule has 0 bridgehead atoms. The smallest absolute Gasteiger partial charge is 0.234 e. The topological polar surface area (TPSA) is 57.8 Å². The third kappa shape index (κ3) is 4.06. The third-order valence-electron chi connectivity index (χ3n) is 3.42. The number of aromatic amines is 1. The van der Waals surface area contributed by atoms with Gasteiger partial charge in [0.2, 0.25) is 5.91 Å². The lowest BCUT2D eigenvalue weighted by Crippen LogP contribution is -2.14. The number of amides is 1. The fourth-order valence-corrected chi connectivity index (χ4v) is 3.30. The van der Waals surface area contributed by atoms with Gasteiger partial charge in [0.25, 0.3) is 0 Å². The second kappa shape index (κ2) is 7.06. The van der Waals surface area contributed by atoms with Gasteiger partial charge in [-0.1, -0.05) is 23.7 Å². The molecular weight excluding hydrogens is 330 g/mol. The number of nitrogens with one attached hydrogen (secondary N) is 2. The predicted molar refractivity (Wildman–Crippen MR) is 97.1 cm³/mol. The van der Waals surface area contributed by atoms with Crippen LogP contribution in [0.25, 0.3) is 10.9 Å². The number of hydrogen-bond acceptors (Lipinski definition) is 3. The Bertz CT molecular complexity index is 847. The monoisotopic (exact) mass is 345 g/mol. The standard InChI is InChI=1S/C17H16ClN3OS/c1-11-15-6-5-14(8-16(15)21-20-11)19-17(22)10-23-9-12-3-2-4-13(18)7-12/h2-8H,9-10H2,1H3,(H,19,22)(H,20,21). The lowest BCUT2D eigenvalue weighted by molar-refractivity contribution is -0.113. The Labute approximate surface area is 143 Å². The Balaban J connectivity index is 1.54. The second-order valence-electron chi connectivity index (χ2n) is 5.25. The number of aryl methyl sites for hydroxylation is 1. The van der Waals surface area contributed by atoms with Gasteiger partial charge >= 0.3 is 0 Å². The first kappa shape index (κ1) is 15.9. The zero-order valence-electron chi connectivity index (χ0n) is 12.6. The van der Waals surface area contributed by atoms with Crippen molar-refractivity contribution in [2.24, 2.45) is 0 Å². The molecule has 1 aromatic heterocycles. The fourth-order valence-electron chi connectivity index (χ4n) is 2.31. The van der Waals surface area contributed by atoms with Crippen LogP contribution in [-0.4, -0.2) is 21.9 Å². The largest absolute Gasteiger partial charge is 0.325 e. The van der Waals surface area contributed by atoms with Gasteiger partial charge in [0, 0.05) is 27.5 Å². The minimum absolute atomic E-state index is 0.0244. The Hall–Kier alpha value is -1.98. The molecule has 0 saturated heterocycles. The number of carbonyl (C=O) groups excluding carboxylic acids is 1. The highest BCUT2D eigenvalue weighted by atomic mass is 35.5. The number of thioether (sulfide) groups is 1. The maximum atomic E-state index is 12.0. The number of nitrogens with zero attached hydrogens (tertiary/aromatic N) is 1. The van der Waals surface area contributed by atoms with Crippen LogP contribution >= 0.6 is 23.4 Å². The molecule has 0 unspecified atom stereocenters. The van der Waals surface area contributed by atoms with Crippen molar-refractivity contribution < 1.29 is 4.79 Å². The van der Waals surface area contributed by atoms with Gasteiger partial charge in [-0.2, -0.15) is 5.10 Å². The van der Waals surface area contributed by atoms with E-state index in [4.69, 9.17) is 11.6 Å². The summed E-state index contributed by atoms with van der Waals surface area (Å²) in [5.74, 6) is 1.12. The number of aromatic nitrogens is 2. The Morgan fingerprint density at radius 2 is 2.17 bits per heavy atom. The van der Waals surface area contributed by atoms with Crippen molar-refractivity contribution >= 4 is 45.9 Å². The van der Waals surface area contributed by atoms with E-state index in [1.54, 1.807) is 11.8 Å². The van der Waals surface area contributed by atoms with E-state index in [1.165, 1.54) is 0 Å². The molecule has 4 nitrogen and oxygen atoms in total. The molecule has 3 aromatic rings. The number of benzene rings is 2. The molecule has 118 valence electrons. The minimum atomic E-state index is -0.0244. The number of rotatable bonds is 5. The molecule has 2 aromatic carbocycles. The van der Waals surface area contributed by atoms with Crippen molar-refractivity contribution in [3.05, 3.63) is 58.7 Å². The van der Waals surface area contributed by atoms with Crippen molar-refractivity contribution in [1.82, 2.24) is 10.2 Å². The molecule has 0 atom stereocenters. The lowest BCUT2D eigenvalue weighted by Gasteiger charge is -2.06. The normalized spacial score (nSPS) is 10.9. The zero-order chi connectivity index (χ0) is 16.2. The summed E-state index contributed by atoms with van der Waals surface area (Å²) in [6.07, 6.45) is 0. The maximum Gasteiger partial charge on any atom is 0.234 e. The van der Waals surface area contributed by atoms with E-state index in [-0.39, 0.29) is 5.91 Å². The van der Waals surface area contributed by atoms with Gasteiger partial charge in [-0.25, -0.2) is 0 Å². The molecule has 3 rings (SSSR count). The molecule has 0 fully saturated rings. The van der Waals surface area contributed by atoms with Gasteiger partial charge in [-0.15, -0.1) is 11.8 Å². The Kier molecular flexibility index (Phi) is 4.88. The third-order valence-corrected chi connectivity index (χ3v) is 4.66. The summed E-state index contributed by atoms with van der Waals surface area (Å²) in [5.41, 5.74) is 3.75. The number of carbonyl (C=O) groups is 1. The molecule has 0 saturated carbocycles. The Morgan fingerprint density at radius 3 is 3.00 bits per heavy atom. The summed E-state index contributed by atoms with van der Waals surface area (Å²) < 4.78 is 0. The molecule has 23 heavy (non-hydrogen) atoms. The van der Waals surface area contributed by atoms with Crippen LogP contribution in [0.2, 0.25) is 5.02 Å². The van der Waals surface area contributed by atoms with Crippen LogP contribution in [-0.2, 0) is 10.5 Å². The summed E-state index contributed by atoms with van der Waals surface area (Å²) in [6.45, 7) is 1.97. The second-order valence-corrected chi connectivity index (χ2v) is 6.67. The average Bonchev–Trinajstić information content (AvgIpc) is 2.88. The van der Waals surface area contributed by atoms with Crippen LogP contribution in [0.4, 0.5) is 5.69 Å². The highest BCUT2D eigenvalue weighted by molar-refractivity contribution is 7.99. The molecule has 0 aliphatic carbocycles. The van der Waals surface area contributed by atoms with E-state index in [2.05, 4.69) is 15.5 Å². The molecule has 0 radical (unpaired) electrons. The van der Waals surface area contributed by atoms with E-state index in [9.17, 15) is 4.79 Å². The van der Waals surface area contributed by atoms with Crippen LogP contribution in [0.15, 0.2) is 42.5 Å². The van der Waals surface area contributed by atoms with Crippen molar-refractivity contribution in [2.45, 2.75) is 12.7 Å². The molecular formula is C17H16ClN3OS. The van der Waals surface area contributed by atoms with E-state index in [0.29, 0.717) is 5.75 Å². The fraction of sp³-hybridized carbons (Fsp3) is 0.176. The predicted octanol–water partition coefficient (Wildman–Crippen LogP) is 4.40. The van der Waals surface area contributed by atoms with Crippen molar-refractivity contribution in [2.75, 3.05) is 11.1 Å². The number of H-pyrrole nitrogens is 1. The molecule has 1 heterocycles. The highest BCUT2D eigenvalue weighted by Crippen LogP contribution is 2.20. The maximum absolute atomic E-state index is 12.0. The minimum Gasteiger partial charge on any atom is -0.325 e. The van der Waals surface area contributed by atoms with Crippen molar-refractivity contribution in [1.29, 1.82) is 0 Å². The first-order valence-corrected chi connectivity index (χ1v) is 8.72. The average molecular weight is 346 g/mol. The van der Waals surface area contributed by atoms with Gasteiger partial charge in [0.15, 0.2) is 0 Å². The van der Waals surface area contributed by atoms with E-state index < -0.39 is 0 Å². The van der Waals surface area contributed by atoms with Gasteiger partial charge in [-0.05, 0) is 42.8 Å². The molecule has 0 aliphatic heterocycles. The van der Waals surface area contributed by atoms with Crippen LogP contribution < -0.4 is 5.32 Å². The number of fused-ring (bicyclic) bond motifs is 1. The van der Waals surface area contributed by atoms with Crippen molar-refractivity contribution in [3.63, 3.8) is 0 Å². The van der Waals surface area contributed by atoms with Gasteiger partial charge < -0.3 is 5.32 Å². The van der Waals surface area contributed by atoms with Crippen LogP contribution in [0, 0.1) is 6.92 Å². The van der Waals surface area contributed by atoms with Crippen LogP contribution in [0.3, 0.4) is 0 Å². The Morgan fingerprint density at radius 1 is 1.30 bits per heavy atom. The first-order chi connectivity index (χ1) is 11.1. The van der Waals surface area contributed by atoms with Crippen LogP contribution in [0.5, 0.6) is 0 Å². The van der Waals surface area contributed by atoms with Gasteiger partial charge in [0.1, 0.15) is 0 Å². The molecule has 1 amide bonds. The van der Waals surface area contributed by atoms with Gasteiger partial charge in [0.05, 0.1) is 11.3 Å². The molecule has 2 N–H and O–H groups in total. The molecule has 0 spiro atoms. The van der Waals surface area contributed by atoms with Crippen molar-refractivity contribution in [3.8, 4) is 0 Å².